The first-order chi connectivity index (χ1) is 11.8. The highest BCUT2D eigenvalue weighted by molar-refractivity contribution is 7.98. The van der Waals surface area contributed by atoms with Crippen LogP contribution in [0.15, 0.2) is 48.8 Å². The standard InChI is InChI=1S/C19H23N3OS/c1-24-14-16-8-10-22(13-16)19(23)17-6-2-3-7-18(17)21-12-15-5-4-9-20-11-15/h2-7,9,11,16,21H,8,10,12-14H2,1H3/t16-/m1/s1. The van der Waals surface area contributed by atoms with Gasteiger partial charge in [-0.15, -0.1) is 0 Å². The molecule has 24 heavy (non-hydrogen) atoms. The molecule has 1 aliphatic heterocycles. The van der Waals surface area contributed by atoms with E-state index in [1.54, 1.807) is 6.20 Å². The Labute approximate surface area is 147 Å². The van der Waals surface area contributed by atoms with E-state index in [-0.39, 0.29) is 5.91 Å². The summed E-state index contributed by atoms with van der Waals surface area (Å²) in [5, 5.41) is 3.38. The highest BCUT2D eigenvalue weighted by Gasteiger charge is 2.27. The van der Waals surface area contributed by atoms with Gasteiger partial charge < -0.3 is 10.2 Å². The topological polar surface area (TPSA) is 45.2 Å². The number of benzene rings is 1. The summed E-state index contributed by atoms with van der Waals surface area (Å²) in [6, 6.07) is 11.7. The second-order valence-electron chi connectivity index (χ2n) is 6.12. The van der Waals surface area contributed by atoms with E-state index in [0.717, 1.165) is 42.1 Å². The second-order valence-corrected chi connectivity index (χ2v) is 7.03. The maximum atomic E-state index is 12.9. The first kappa shape index (κ1) is 16.8. The van der Waals surface area contributed by atoms with Crippen LogP contribution in [0.1, 0.15) is 22.3 Å². The molecule has 1 atom stereocenters. The minimum absolute atomic E-state index is 0.132. The predicted molar refractivity (Wildman–Crippen MR) is 100 cm³/mol. The number of amides is 1. The van der Waals surface area contributed by atoms with Crippen molar-refractivity contribution < 1.29 is 4.79 Å². The van der Waals surface area contributed by atoms with Gasteiger partial charge in [0.2, 0.25) is 0 Å². The van der Waals surface area contributed by atoms with Gasteiger partial charge in [-0.3, -0.25) is 9.78 Å². The summed E-state index contributed by atoms with van der Waals surface area (Å²) in [7, 11) is 0. The molecular formula is C19H23N3OS. The van der Waals surface area contributed by atoms with E-state index in [0.29, 0.717) is 12.5 Å². The average Bonchev–Trinajstić information content (AvgIpc) is 3.09. The fourth-order valence-electron chi connectivity index (χ4n) is 3.08. The van der Waals surface area contributed by atoms with Crippen LogP contribution in [0.2, 0.25) is 0 Å². The molecule has 1 saturated heterocycles. The highest BCUT2D eigenvalue weighted by Crippen LogP contribution is 2.24. The maximum absolute atomic E-state index is 12.9. The molecule has 0 saturated carbocycles. The summed E-state index contributed by atoms with van der Waals surface area (Å²) < 4.78 is 0. The molecule has 126 valence electrons. The Morgan fingerprint density at radius 2 is 2.21 bits per heavy atom. The van der Waals surface area contributed by atoms with Gasteiger partial charge in [-0.25, -0.2) is 0 Å². The number of hydrogen-bond donors (Lipinski definition) is 1. The average molecular weight is 341 g/mol. The number of carbonyl (C=O) groups excluding carboxylic acids is 1. The summed E-state index contributed by atoms with van der Waals surface area (Å²) in [6.45, 7) is 2.39. The molecule has 2 aromatic rings. The van der Waals surface area contributed by atoms with Gasteiger partial charge in [-0.05, 0) is 48.1 Å². The van der Waals surface area contributed by atoms with Crippen LogP contribution < -0.4 is 5.32 Å². The monoisotopic (exact) mass is 341 g/mol. The molecule has 0 radical (unpaired) electrons. The first-order valence-electron chi connectivity index (χ1n) is 8.28. The normalized spacial score (nSPS) is 17.0. The minimum Gasteiger partial charge on any atom is -0.380 e. The van der Waals surface area contributed by atoms with E-state index in [2.05, 4.69) is 16.6 Å². The van der Waals surface area contributed by atoms with Crippen molar-refractivity contribution >= 4 is 23.4 Å². The summed E-state index contributed by atoms with van der Waals surface area (Å²) in [6.07, 6.45) is 6.84. The molecule has 0 unspecified atom stereocenters. The van der Waals surface area contributed by atoms with Crippen molar-refractivity contribution in [3.8, 4) is 0 Å². The molecule has 0 aliphatic carbocycles. The number of carbonyl (C=O) groups is 1. The van der Waals surface area contributed by atoms with Crippen LogP contribution in [-0.4, -0.2) is 40.9 Å². The third kappa shape index (κ3) is 4.09. The van der Waals surface area contributed by atoms with Gasteiger partial charge in [0.1, 0.15) is 0 Å². The van der Waals surface area contributed by atoms with Crippen LogP contribution in [0.25, 0.3) is 0 Å². The smallest absolute Gasteiger partial charge is 0.255 e. The molecule has 0 spiro atoms. The van der Waals surface area contributed by atoms with Crippen molar-refractivity contribution in [3.63, 3.8) is 0 Å². The lowest BCUT2D eigenvalue weighted by molar-refractivity contribution is 0.0789. The number of para-hydroxylation sites is 1. The van der Waals surface area contributed by atoms with E-state index >= 15 is 0 Å². The Kier molecular flexibility index (Phi) is 5.75. The minimum atomic E-state index is 0.132. The number of thioether (sulfide) groups is 1. The molecular weight excluding hydrogens is 318 g/mol. The molecule has 5 heteroatoms. The van der Waals surface area contributed by atoms with Crippen LogP contribution in [0.5, 0.6) is 0 Å². The van der Waals surface area contributed by atoms with Crippen LogP contribution in [-0.2, 0) is 6.54 Å². The van der Waals surface area contributed by atoms with Gasteiger partial charge in [0.05, 0.1) is 5.56 Å². The Morgan fingerprint density at radius 1 is 1.33 bits per heavy atom. The number of nitrogens with zero attached hydrogens (tertiary/aromatic N) is 2. The molecule has 2 heterocycles. The summed E-state index contributed by atoms with van der Waals surface area (Å²) in [5.41, 5.74) is 2.74. The molecule has 1 aromatic heterocycles. The van der Waals surface area contributed by atoms with Crippen molar-refractivity contribution in [1.29, 1.82) is 0 Å². The largest absolute Gasteiger partial charge is 0.380 e. The van der Waals surface area contributed by atoms with Crippen LogP contribution >= 0.6 is 11.8 Å². The molecule has 1 fully saturated rings. The Hall–Kier alpha value is -2.01. The zero-order chi connectivity index (χ0) is 16.8. The molecule has 3 rings (SSSR count). The number of aromatic nitrogens is 1. The van der Waals surface area contributed by atoms with Gasteiger partial charge in [0.25, 0.3) is 5.91 Å². The molecule has 0 bridgehead atoms. The van der Waals surface area contributed by atoms with Crippen molar-refractivity contribution in [2.45, 2.75) is 13.0 Å². The number of nitrogens with one attached hydrogen (secondary N) is 1. The Morgan fingerprint density at radius 3 is 3.00 bits per heavy atom. The third-order valence-electron chi connectivity index (χ3n) is 4.34. The van der Waals surface area contributed by atoms with Gasteiger partial charge in [0.15, 0.2) is 0 Å². The molecule has 1 aromatic carbocycles. The number of anilines is 1. The number of rotatable bonds is 6. The van der Waals surface area contributed by atoms with Gasteiger partial charge in [0, 0.05) is 37.7 Å². The molecule has 1 N–H and O–H groups in total. The Balaban J connectivity index is 1.68. The quantitative estimate of drug-likeness (QED) is 0.873. The lowest BCUT2D eigenvalue weighted by Crippen LogP contribution is -2.29. The summed E-state index contributed by atoms with van der Waals surface area (Å²) >= 11 is 1.86. The van der Waals surface area contributed by atoms with Crippen LogP contribution in [0.4, 0.5) is 5.69 Å². The predicted octanol–water partition coefficient (Wildman–Crippen LogP) is 3.52. The maximum Gasteiger partial charge on any atom is 0.255 e. The zero-order valence-electron chi connectivity index (χ0n) is 13.9. The molecule has 1 amide bonds. The van der Waals surface area contributed by atoms with Crippen molar-refractivity contribution in [3.05, 3.63) is 59.9 Å². The van der Waals surface area contributed by atoms with Gasteiger partial charge >= 0.3 is 0 Å². The Bertz CT molecular complexity index is 677. The number of likely N-dealkylation sites (tertiary alicyclic amines) is 1. The van der Waals surface area contributed by atoms with Crippen molar-refractivity contribution in [2.24, 2.45) is 5.92 Å². The fourth-order valence-corrected chi connectivity index (χ4v) is 3.83. The SMILES string of the molecule is CSC[C@@H]1CCN(C(=O)c2ccccc2NCc2cccnc2)C1. The summed E-state index contributed by atoms with van der Waals surface area (Å²) in [4.78, 5) is 19.0. The fraction of sp³-hybridized carbons (Fsp3) is 0.368. The molecule has 4 nitrogen and oxygen atoms in total. The highest BCUT2D eigenvalue weighted by atomic mass is 32.2. The van der Waals surface area contributed by atoms with E-state index in [1.807, 2.05) is 59.3 Å². The van der Waals surface area contributed by atoms with Crippen molar-refractivity contribution in [2.75, 3.05) is 30.4 Å². The van der Waals surface area contributed by atoms with E-state index in [9.17, 15) is 4.79 Å². The lowest BCUT2D eigenvalue weighted by atomic mass is 10.1. The van der Waals surface area contributed by atoms with Gasteiger partial charge in [-0.1, -0.05) is 18.2 Å². The molecule has 1 aliphatic rings. The summed E-state index contributed by atoms with van der Waals surface area (Å²) in [5.74, 6) is 1.89. The number of pyridine rings is 1. The van der Waals surface area contributed by atoms with E-state index < -0.39 is 0 Å². The van der Waals surface area contributed by atoms with Crippen LogP contribution in [0, 0.1) is 5.92 Å². The zero-order valence-corrected chi connectivity index (χ0v) is 14.8. The van der Waals surface area contributed by atoms with E-state index in [1.165, 1.54) is 0 Å². The second kappa shape index (κ2) is 8.20. The van der Waals surface area contributed by atoms with Crippen LogP contribution in [0.3, 0.4) is 0 Å². The third-order valence-corrected chi connectivity index (χ3v) is 5.14. The van der Waals surface area contributed by atoms with Gasteiger partial charge in [-0.2, -0.15) is 11.8 Å². The van der Waals surface area contributed by atoms with E-state index in [4.69, 9.17) is 0 Å². The van der Waals surface area contributed by atoms with Crippen molar-refractivity contribution in [1.82, 2.24) is 9.88 Å². The first-order valence-corrected chi connectivity index (χ1v) is 9.67. The number of hydrogen-bond acceptors (Lipinski definition) is 4. The lowest BCUT2D eigenvalue weighted by Gasteiger charge is -2.19.